The first-order chi connectivity index (χ1) is 6.95. The minimum atomic E-state index is -4.32. The Labute approximate surface area is 86.5 Å². The number of nitrogens with zero attached hydrogens (tertiary/aromatic N) is 1. The maximum atomic E-state index is 12.3. The average Bonchev–Trinajstić information content (AvgIpc) is 2.14. The van der Waals surface area contributed by atoms with Gasteiger partial charge in [0.25, 0.3) is 0 Å². The van der Waals surface area contributed by atoms with Crippen LogP contribution < -0.4 is 5.32 Å². The molecule has 2 nitrogen and oxygen atoms in total. The van der Waals surface area contributed by atoms with E-state index in [-0.39, 0.29) is 0 Å². The highest BCUT2D eigenvalue weighted by Crippen LogP contribution is 2.30. The molecule has 5 heteroatoms. The highest BCUT2D eigenvalue weighted by molar-refractivity contribution is 5.44. The van der Waals surface area contributed by atoms with Crippen molar-refractivity contribution in [1.82, 2.24) is 4.98 Å². The van der Waals surface area contributed by atoms with E-state index in [0.717, 1.165) is 18.7 Å². The number of hydrogen-bond donors (Lipinski definition) is 1. The minimum Gasteiger partial charge on any atom is -0.370 e. The van der Waals surface area contributed by atoms with E-state index in [9.17, 15) is 13.2 Å². The highest BCUT2D eigenvalue weighted by atomic mass is 19.4. The Balaban J connectivity index is 2.88. The van der Waals surface area contributed by atoms with E-state index >= 15 is 0 Å². The molecule has 0 amide bonds. The van der Waals surface area contributed by atoms with Crippen molar-refractivity contribution >= 4 is 5.82 Å². The zero-order valence-corrected chi connectivity index (χ0v) is 8.65. The van der Waals surface area contributed by atoms with Gasteiger partial charge in [-0.25, -0.2) is 4.98 Å². The topological polar surface area (TPSA) is 24.9 Å². The lowest BCUT2D eigenvalue weighted by molar-refractivity contribution is -0.137. The summed E-state index contributed by atoms with van der Waals surface area (Å²) in [7, 11) is 0. The first kappa shape index (κ1) is 11.8. The first-order valence-electron chi connectivity index (χ1n) is 4.73. The third-order valence-corrected chi connectivity index (χ3v) is 1.95. The maximum absolute atomic E-state index is 12.3. The number of anilines is 1. The van der Waals surface area contributed by atoms with E-state index in [2.05, 4.69) is 10.3 Å². The molecule has 0 aliphatic rings. The predicted molar refractivity (Wildman–Crippen MR) is 52.8 cm³/mol. The summed E-state index contributed by atoms with van der Waals surface area (Å²) in [5.74, 6) is 0.518. The van der Waals surface area contributed by atoms with Gasteiger partial charge in [-0.3, -0.25) is 0 Å². The summed E-state index contributed by atoms with van der Waals surface area (Å²) in [4.78, 5) is 3.75. The molecule has 1 aromatic rings. The van der Waals surface area contributed by atoms with E-state index in [1.165, 1.54) is 0 Å². The molecule has 0 fully saturated rings. The Hall–Kier alpha value is -1.26. The number of nitrogens with one attached hydrogen (secondary N) is 1. The van der Waals surface area contributed by atoms with Crippen LogP contribution in [0.1, 0.15) is 24.5 Å². The minimum absolute atomic E-state index is 0.512. The summed E-state index contributed by atoms with van der Waals surface area (Å²) in [6.07, 6.45) is -2.56. The van der Waals surface area contributed by atoms with Crippen LogP contribution in [0.4, 0.5) is 19.0 Å². The molecule has 1 rings (SSSR count). The van der Waals surface area contributed by atoms with Gasteiger partial charge in [-0.15, -0.1) is 0 Å². The molecule has 0 aromatic carbocycles. The highest BCUT2D eigenvalue weighted by Gasteiger charge is 2.31. The molecular formula is C10H13F3N2. The van der Waals surface area contributed by atoms with Gasteiger partial charge in [0.05, 0.1) is 5.56 Å². The van der Waals surface area contributed by atoms with Crippen LogP contribution in [0.5, 0.6) is 0 Å². The number of rotatable bonds is 3. The normalized spacial score (nSPS) is 11.5. The molecule has 1 N–H and O–H groups in total. The lowest BCUT2D eigenvalue weighted by atomic mass is 10.2. The molecule has 0 bridgehead atoms. The zero-order valence-electron chi connectivity index (χ0n) is 8.65. The van der Waals surface area contributed by atoms with Crippen molar-refractivity contribution in [3.05, 3.63) is 23.4 Å². The first-order valence-corrected chi connectivity index (χ1v) is 4.73. The lowest BCUT2D eigenvalue weighted by Gasteiger charge is -2.11. The monoisotopic (exact) mass is 218 g/mol. The van der Waals surface area contributed by atoms with Crippen LogP contribution in [0.25, 0.3) is 0 Å². The van der Waals surface area contributed by atoms with E-state index in [0.29, 0.717) is 17.9 Å². The van der Waals surface area contributed by atoms with Gasteiger partial charge in [-0.05, 0) is 25.0 Å². The van der Waals surface area contributed by atoms with Gasteiger partial charge < -0.3 is 5.32 Å². The third-order valence-electron chi connectivity index (χ3n) is 1.95. The fourth-order valence-electron chi connectivity index (χ4n) is 1.16. The Kier molecular flexibility index (Phi) is 3.55. The van der Waals surface area contributed by atoms with Crippen LogP contribution in [0.2, 0.25) is 0 Å². The molecule has 1 heterocycles. The van der Waals surface area contributed by atoms with Gasteiger partial charge in [0.2, 0.25) is 0 Å². The molecule has 84 valence electrons. The molecule has 15 heavy (non-hydrogen) atoms. The average molecular weight is 218 g/mol. The van der Waals surface area contributed by atoms with Gasteiger partial charge in [-0.1, -0.05) is 6.92 Å². The van der Waals surface area contributed by atoms with Crippen LogP contribution in [0, 0.1) is 6.92 Å². The van der Waals surface area contributed by atoms with Crippen molar-refractivity contribution in [2.24, 2.45) is 0 Å². The zero-order chi connectivity index (χ0) is 11.5. The smallest absolute Gasteiger partial charge is 0.370 e. The SMILES string of the molecule is CCCNc1ncc(C(F)(F)F)cc1C. The fraction of sp³-hybridized carbons (Fsp3) is 0.500. The predicted octanol–water partition coefficient (Wildman–Crippen LogP) is 3.23. The molecular weight excluding hydrogens is 205 g/mol. The second-order valence-electron chi connectivity index (χ2n) is 3.31. The second kappa shape index (κ2) is 4.51. The summed E-state index contributed by atoms with van der Waals surface area (Å²) in [5, 5.41) is 2.96. The molecule has 0 spiro atoms. The van der Waals surface area contributed by atoms with Crippen molar-refractivity contribution in [2.45, 2.75) is 26.4 Å². The number of aryl methyl sites for hydroxylation is 1. The van der Waals surface area contributed by atoms with Crippen LogP contribution >= 0.6 is 0 Å². The molecule has 0 unspecified atom stereocenters. The molecule has 1 aromatic heterocycles. The molecule has 0 radical (unpaired) electrons. The largest absolute Gasteiger partial charge is 0.417 e. The quantitative estimate of drug-likeness (QED) is 0.842. The van der Waals surface area contributed by atoms with Crippen molar-refractivity contribution in [2.75, 3.05) is 11.9 Å². The van der Waals surface area contributed by atoms with Gasteiger partial charge in [0, 0.05) is 12.7 Å². The summed E-state index contributed by atoms with van der Waals surface area (Å²) in [6.45, 7) is 4.30. The number of halogens is 3. The fourth-order valence-corrected chi connectivity index (χ4v) is 1.16. The number of hydrogen-bond acceptors (Lipinski definition) is 2. The second-order valence-corrected chi connectivity index (χ2v) is 3.31. The van der Waals surface area contributed by atoms with E-state index in [4.69, 9.17) is 0 Å². The van der Waals surface area contributed by atoms with Gasteiger partial charge in [-0.2, -0.15) is 13.2 Å². The van der Waals surface area contributed by atoms with Crippen LogP contribution in [0.15, 0.2) is 12.3 Å². The lowest BCUT2D eigenvalue weighted by Crippen LogP contribution is -2.09. The van der Waals surface area contributed by atoms with Crippen LogP contribution in [-0.2, 0) is 6.18 Å². The van der Waals surface area contributed by atoms with Gasteiger partial charge in [0.1, 0.15) is 5.82 Å². The van der Waals surface area contributed by atoms with Gasteiger partial charge in [0.15, 0.2) is 0 Å². The third kappa shape index (κ3) is 3.11. The number of alkyl halides is 3. The maximum Gasteiger partial charge on any atom is 0.417 e. The van der Waals surface area contributed by atoms with Crippen LogP contribution in [0.3, 0.4) is 0 Å². The Morgan fingerprint density at radius 3 is 2.53 bits per heavy atom. The summed E-state index contributed by atoms with van der Waals surface area (Å²) < 4.78 is 36.9. The Morgan fingerprint density at radius 1 is 1.40 bits per heavy atom. The van der Waals surface area contributed by atoms with E-state index in [1.54, 1.807) is 6.92 Å². The Morgan fingerprint density at radius 2 is 2.07 bits per heavy atom. The Bertz CT molecular complexity index is 334. The van der Waals surface area contributed by atoms with Crippen molar-refractivity contribution in [3.8, 4) is 0 Å². The molecule has 0 saturated carbocycles. The molecule has 0 aliphatic heterocycles. The summed E-state index contributed by atoms with van der Waals surface area (Å²) in [5.41, 5.74) is -0.194. The van der Waals surface area contributed by atoms with Crippen molar-refractivity contribution in [1.29, 1.82) is 0 Å². The summed E-state index contributed by atoms with van der Waals surface area (Å²) >= 11 is 0. The van der Waals surface area contributed by atoms with Crippen molar-refractivity contribution in [3.63, 3.8) is 0 Å². The number of pyridine rings is 1. The van der Waals surface area contributed by atoms with Gasteiger partial charge >= 0.3 is 6.18 Å². The molecule has 0 aliphatic carbocycles. The summed E-state index contributed by atoms with van der Waals surface area (Å²) in [6, 6.07) is 1.10. The number of aromatic nitrogens is 1. The standard InChI is InChI=1S/C10H13F3N2/c1-3-4-14-9-7(2)5-8(6-15-9)10(11,12)13/h5-6H,3-4H2,1-2H3,(H,14,15). The molecule has 0 atom stereocenters. The van der Waals surface area contributed by atoms with Crippen molar-refractivity contribution < 1.29 is 13.2 Å². The van der Waals surface area contributed by atoms with Crippen LogP contribution in [-0.4, -0.2) is 11.5 Å². The molecule has 0 saturated heterocycles. The van der Waals surface area contributed by atoms with E-state index < -0.39 is 11.7 Å². The van der Waals surface area contributed by atoms with E-state index in [1.807, 2.05) is 6.92 Å².